The summed E-state index contributed by atoms with van der Waals surface area (Å²) in [6, 6.07) is -0.0383. The van der Waals surface area contributed by atoms with Crippen LogP contribution in [0.3, 0.4) is 0 Å². The first-order valence-electron chi connectivity index (χ1n) is 2.93. The summed E-state index contributed by atoms with van der Waals surface area (Å²) in [5, 5.41) is 9.49. The fourth-order valence-electron chi connectivity index (χ4n) is 0.422. The second-order valence-corrected chi connectivity index (χ2v) is 2.25. The zero-order valence-corrected chi connectivity index (χ0v) is 6.16. The molecule has 0 aliphatic carbocycles. The van der Waals surface area contributed by atoms with Crippen molar-refractivity contribution in [1.82, 2.24) is 5.01 Å². The summed E-state index contributed by atoms with van der Waals surface area (Å²) in [5.74, 6) is 4.23. The van der Waals surface area contributed by atoms with E-state index in [0.717, 1.165) is 5.01 Å². The lowest BCUT2D eigenvalue weighted by Crippen LogP contribution is -2.38. The molecule has 4 nitrogen and oxygen atoms in total. The Morgan fingerprint density at radius 1 is 1.70 bits per heavy atom. The number of nitrogens with zero attached hydrogens (tertiary/aromatic N) is 1. The van der Waals surface area contributed by atoms with Crippen LogP contribution in [0.4, 0.5) is 0 Å². The summed E-state index contributed by atoms with van der Waals surface area (Å²) in [6.45, 7) is 6.85. The predicted octanol–water partition coefficient (Wildman–Crippen LogP) is 0.169. The fourth-order valence-corrected chi connectivity index (χ4v) is 0.422. The van der Waals surface area contributed by atoms with Gasteiger partial charge in [0.2, 0.25) is 0 Å². The minimum absolute atomic E-state index is 0.0383. The molecule has 0 aromatic rings. The SMILES string of the molecule is C=C(C(=O)O)N(N)C(C)C. The van der Waals surface area contributed by atoms with Crippen LogP contribution in [-0.4, -0.2) is 22.1 Å². The van der Waals surface area contributed by atoms with E-state index in [1.54, 1.807) is 13.8 Å². The first-order valence-corrected chi connectivity index (χ1v) is 2.93. The minimum atomic E-state index is -1.09. The number of hydrogen-bond donors (Lipinski definition) is 2. The standard InChI is InChI=1S/C6H12N2O2/c1-4(2)8(7)5(3)6(9)10/h4H,3,7H2,1-2H3,(H,9,10). The number of hydrazine groups is 1. The lowest BCUT2D eigenvalue weighted by molar-refractivity contribution is -0.134. The Bertz CT molecular complexity index is 154. The molecular weight excluding hydrogens is 132 g/mol. The third-order valence-corrected chi connectivity index (χ3v) is 1.11. The number of carboxylic acid groups (broad SMARTS) is 1. The maximum Gasteiger partial charge on any atom is 0.352 e. The zero-order valence-electron chi connectivity index (χ0n) is 6.16. The molecule has 0 aliphatic rings. The van der Waals surface area contributed by atoms with Crippen molar-refractivity contribution in [2.45, 2.75) is 19.9 Å². The highest BCUT2D eigenvalue weighted by molar-refractivity contribution is 5.84. The van der Waals surface area contributed by atoms with Crippen LogP contribution in [0.2, 0.25) is 0 Å². The fraction of sp³-hybridized carbons (Fsp3) is 0.500. The molecule has 58 valence electrons. The van der Waals surface area contributed by atoms with Gasteiger partial charge in [0, 0.05) is 6.04 Å². The highest BCUT2D eigenvalue weighted by atomic mass is 16.4. The summed E-state index contributed by atoms with van der Waals surface area (Å²) in [4.78, 5) is 10.2. The third-order valence-electron chi connectivity index (χ3n) is 1.11. The van der Waals surface area contributed by atoms with Crippen LogP contribution in [0, 0.1) is 0 Å². The van der Waals surface area contributed by atoms with Crippen LogP contribution in [0.1, 0.15) is 13.8 Å². The van der Waals surface area contributed by atoms with Gasteiger partial charge in [-0.05, 0) is 13.8 Å². The largest absolute Gasteiger partial charge is 0.477 e. The summed E-state index contributed by atoms with van der Waals surface area (Å²) in [7, 11) is 0. The minimum Gasteiger partial charge on any atom is -0.477 e. The molecule has 0 aromatic heterocycles. The van der Waals surface area contributed by atoms with E-state index in [1.165, 1.54) is 0 Å². The highest BCUT2D eigenvalue weighted by Gasteiger charge is 2.12. The Hall–Kier alpha value is -1.03. The van der Waals surface area contributed by atoms with Crippen molar-refractivity contribution in [3.63, 3.8) is 0 Å². The average molecular weight is 144 g/mol. The molecule has 0 fully saturated rings. The van der Waals surface area contributed by atoms with E-state index < -0.39 is 5.97 Å². The molecule has 0 saturated heterocycles. The topological polar surface area (TPSA) is 66.6 Å². The second kappa shape index (κ2) is 3.22. The lowest BCUT2D eigenvalue weighted by Gasteiger charge is -2.21. The summed E-state index contributed by atoms with van der Waals surface area (Å²) in [5.41, 5.74) is -0.0880. The maximum absolute atomic E-state index is 10.2. The molecule has 0 saturated carbocycles. The van der Waals surface area contributed by atoms with E-state index in [-0.39, 0.29) is 11.7 Å². The Morgan fingerprint density at radius 3 is 2.20 bits per heavy atom. The third kappa shape index (κ3) is 2.06. The van der Waals surface area contributed by atoms with E-state index in [1.807, 2.05) is 0 Å². The van der Waals surface area contributed by atoms with Crippen molar-refractivity contribution < 1.29 is 9.90 Å². The molecule has 0 radical (unpaired) electrons. The van der Waals surface area contributed by atoms with E-state index in [0.29, 0.717) is 0 Å². The van der Waals surface area contributed by atoms with E-state index >= 15 is 0 Å². The molecule has 0 rings (SSSR count). The van der Waals surface area contributed by atoms with Gasteiger partial charge in [0.15, 0.2) is 0 Å². The van der Waals surface area contributed by atoms with Crippen LogP contribution < -0.4 is 5.84 Å². The predicted molar refractivity (Wildman–Crippen MR) is 37.9 cm³/mol. The van der Waals surface area contributed by atoms with E-state index in [4.69, 9.17) is 10.9 Å². The molecule has 0 aliphatic heterocycles. The average Bonchev–Trinajstić information content (AvgIpc) is 1.84. The normalized spacial score (nSPS) is 9.60. The molecule has 10 heavy (non-hydrogen) atoms. The molecule has 0 atom stereocenters. The van der Waals surface area contributed by atoms with Gasteiger partial charge in [-0.15, -0.1) is 0 Å². The quantitative estimate of drug-likeness (QED) is 0.336. The highest BCUT2D eigenvalue weighted by Crippen LogP contribution is 1.99. The van der Waals surface area contributed by atoms with Gasteiger partial charge in [0.05, 0.1) is 0 Å². The van der Waals surface area contributed by atoms with Gasteiger partial charge < -0.3 is 10.1 Å². The summed E-state index contributed by atoms with van der Waals surface area (Å²) >= 11 is 0. The van der Waals surface area contributed by atoms with Crippen molar-refractivity contribution in [3.05, 3.63) is 12.3 Å². The maximum atomic E-state index is 10.2. The van der Waals surface area contributed by atoms with E-state index in [9.17, 15) is 4.79 Å². The Kier molecular flexibility index (Phi) is 2.89. The van der Waals surface area contributed by atoms with Crippen molar-refractivity contribution in [2.75, 3.05) is 0 Å². The van der Waals surface area contributed by atoms with Gasteiger partial charge in [-0.25, -0.2) is 10.6 Å². The summed E-state index contributed by atoms with van der Waals surface area (Å²) < 4.78 is 0. The van der Waals surface area contributed by atoms with Crippen LogP contribution in [0.25, 0.3) is 0 Å². The molecule has 0 amide bonds. The molecule has 0 bridgehead atoms. The Labute approximate surface area is 59.9 Å². The monoisotopic (exact) mass is 144 g/mol. The van der Waals surface area contributed by atoms with Crippen molar-refractivity contribution >= 4 is 5.97 Å². The van der Waals surface area contributed by atoms with Crippen molar-refractivity contribution in [3.8, 4) is 0 Å². The van der Waals surface area contributed by atoms with E-state index in [2.05, 4.69) is 6.58 Å². The van der Waals surface area contributed by atoms with Crippen LogP contribution in [-0.2, 0) is 4.79 Å². The molecule has 0 aromatic carbocycles. The van der Waals surface area contributed by atoms with Gasteiger partial charge in [0.25, 0.3) is 0 Å². The number of rotatable bonds is 3. The lowest BCUT2D eigenvalue weighted by atomic mass is 10.3. The number of hydrogen-bond acceptors (Lipinski definition) is 3. The molecule has 0 spiro atoms. The second-order valence-electron chi connectivity index (χ2n) is 2.25. The molecular formula is C6H12N2O2. The number of nitrogens with two attached hydrogens (primary N) is 1. The van der Waals surface area contributed by atoms with Crippen LogP contribution >= 0.6 is 0 Å². The van der Waals surface area contributed by atoms with Crippen LogP contribution in [0.15, 0.2) is 12.3 Å². The van der Waals surface area contributed by atoms with Crippen molar-refractivity contribution in [2.24, 2.45) is 5.84 Å². The zero-order chi connectivity index (χ0) is 8.31. The molecule has 0 unspecified atom stereocenters. The smallest absolute Gasteiger partial charge is 0.352 e. The first-order chi connectivity index (χ1) is 4.46. The van der Waals surface area contributed by atoms with Crippen molar-refractivity contribution in [1.29, 1.82) is 0 Å². The van der Waals surface area contributed by atoms with Gasteiger partial charge in [-0.2, -0.15) is 0 Å². The number of aliphatic carboxylic acids is 1. The Morgan fingerprint density at radius 2 is 2.10 bits per heavy atom. The molecule has 0 heterocycles. The Balaban J connectivity index is 4.08. The van der Waals surface area contributed by atoms with Crippen LogP contribution in [0.5, 0.6) is 0 Å². The number of carbonyl (C=O) groups is 1. The molecule has 4 heteroatoms. The number of carboxylic acids is 1. The summed E-state index contributed by atoms with van der Waals surface area (Å²) in [6.07, 6.45) is 0. The van der Waals surface area contributed by atoms with Gasteiger partial charge in [-0.1, -0.05) is 6.58 Å². The molecule has 3 N–H and O–H groups in total. The first kappa shape index (κ1) is 8.97. The van der Waals surface area contributed by atoms with Gasteiger partial charge >= 0.3 is 5.97 Å². The van der Waals surface area contributed by atoms with Gasteiger partial charge in [0.1, 0.15) is 5.70 Å². The van der Waals surface area contributed by atoms with Gasteiger partial charge in [-0.3, -0.25) is 0 Å².